The number of nitrogens with zero attached hydrogens (tertiary/aromatic N) is 2. The molecule has 0 unspecified atom stereocenters. The normalized spacial score (nSPS) is 11.2. The van der Waals surface area contributed by atoms with Crippen LogP contribution in [0.4, 0.5) is 0 Å². The minimum absolute atomic E-state index is 0.678. The van der Waals surface area contributed by atoms with Crippen LogP contribution in [0.15, 0.2) is 48.7 Å². The maximum atomic E-state index is 6.11. The van der Waals surface area contributed by atoms with Gasteiger partial charge in [-0.05, 0) is 30.3 Å². The molecule has 1 aromatic carbocycles. The van der Waals surface area contributed by atoms with Crippen LogP contribution in [0.1, 0.15) is 0 Å². The van der Waals surface area contributed by atoms with Crippen molar-refractivity contribution in [2.24, 2.45) is 0 Å². The maximum Gasteiger partial charge on any atom is 0.182 e. The van der Waals surface area contributed by atoms with Crippen molar-refractivity contribution in [3.05, 3.63) is 58.0 Å². The van der Waals surface area contributed by atoms with Crippen molar-refractivity contribution in [2.75, 3.05) is 0 Å². The molecule has 1 N–H and O–H groups in total. The first-order chi connectivity index (χ1) is 10.7. The van der Waals surface area contributed by atoms with E-state index in [1.54, 1.807) is 6.20 Å². The Balaban J connectivity index is 2.01. The fourth-order valence-corrected chi connectivity index (χ4v) is 3.73. The molecule has 0 spiro atoms. The summed E-state index contributed by atoms with van der Waals surface area (Å²) in [6, 6.07) is 13.6. The summed E-state index contributed by atoms with van der Waals surface area (Å²) in [5, 5.41) is 9.05. The van der Waals surface area contributed by atoms with E-state index in [1.807, 2.05) is 42.5 Å². The van der Waals surface area contributed by atoms with Gasteiger partial charge in [0.2, 0.25) is 0 Å². The number of hydrogen-bond acceptors (Lipinski definition) is 3. The van der Waals surface area contributed by atoms with E-state index in [-0.39, 0.29) is 0 Å². The molecule has 4 rings (SSSR count). The number of H-pyrrole nitrogens is 1. The molecule has 0 aliphatic heterocycles. The molecule has 0 fully saturated rings. The molecule has 0 radical (unpaired) electrons. The third-order valence-corrected chi connectivity index (χ3v) is 4.91. The fraction of sp³-hybridized carbons (Fsp3) is 0. The molecule has 3 aromatic heterocycles. The van der Waals surface area contributed by atoms with Gasteiger partial charge in [0.25, 0.3) is 0 Å². The molecule has 6 heteroatoms. The number of halogens is 2. The van der Waals surface area contributed by atoms with Crippen molar-refractivity contribution in [3.8, 4) is 21.7 Å². The van der Waals surface area contributed by atoms with Crippen molar-refractivity contribution in [1.29, 1.82) is 0 Å². The number of nitrogens with one attached hydrogen (secondary N) is 1. The molecule has 0 saturated heterocycles. The Bertz CT molecular complexity index is 974. The SMILES string of the molecule is Clc1cccc(-c2[nH]nc3nccc(-c4ccc(Cl)s4)c23)c1. The van der Waals surface area contributed by atoms with Gasteiger partial charge in [0.15, 0.2) is 5.65 Å². The predicted octanol–water partition coefficient (Wildman–Crippen LogP) is 5.66. The molecule has 0 aliphatic rings. The van der Waals surface area contributed by atoms with Gasteiger partial charge in [0, 0.05) is 27.2 Å². The third kappa shape index (κ3) is 2.29. The zero-order chi connectivity index (χ0) is 15.1. The number of rotatable bonds is 2. The Morgan fingerprint density at radius 1 is 1.05 bits per heavy atom. The zero-order valence-electron chi connectivity index (χ0n) is 11.2. The van der Waals surface area contributed by atoms with Crippen molar-refractivity contribution in [2.45, 2.75) is 0 Å². The van der Waals surface area contributed by atoms with E-state index in [2.05, 4.69) is 15.2 Å². The highest BCUT2D eigenvalue weighted by atomic mass is 35.5. The average Bonchev–Trinajstić information content (AvgIpc) is 3.13. The van der Waals surface area contributed by atoms with E-state index in [0.29, 0.717) is 10.7 Å². The smallest absolute Gasteiger partial charge is 0.182 e. The number of benzene rings is 1. The minimum Gasteiger partial charge on any atom is -0.275 e. The highest BCUT2D eigenvalue weighted by molar-refractivity contribution is 7.19. The van der Waals surface area contributed by atoms with Gasteiger partial charge < -0.3 is 0 Å². The second-order valence-corrected chi connectivity index (χ2v) is 6.92. The molecule has 108 valence electrons. The summed E-state index contributed by atoms with van der Waals surface area (Å²) in [5.41, 5.74) is 3.62. The molecule has 0 aliphatic carbocycles. The van der Waals surface area contributed by atoms with Crippen molar-refractivity contribution in [3.63, 3.8) is 0 Å². The summed E-state index contributed by atoms with van der Waals surface area (Å²) in [6.45, 7) is 0. The summed E-state index contributed by atoms with van der Waals surface area (Å²) < 4.78 is 0.757. The van der Waals surface area contributed by atoms with Crippen LogP contribution < -0.4 is 0 Å². The van der Waals surface area contributed by atoms with E-state index in [0.717, 1.165) is 31.4 Å². The average molecular weight is 346 g/mol. The van der Waals surface area contributed by atoms with Crippen LogP contribution in [0.2, 0.25) is 9.36 Å². The van der Waals surface area contributed by atoms with Gasteiger partial charge in [-0.3, -0.25) is 5.10 Å². The van der Waals surface area contributed by atoms with Gasteiger partial charge in [-0.1, -0.05) is 35.3 Å². The lowest BCUT2D eigenvalue weighted by Crippen LogP contribution is -1.82. The van der Waals surface area contributed by atoms with Crippen LogP contribution in [-0.4, -0.2) is 15.2 Å². The molecular weight excluding hydrogens is 337 g/mol. The number of fused-ring (bicyclic) bond motifs is 1. The van der Waals surface area contributed by atoms with E-state index in [9.17, 15) is 0 Å². The van der Waals surface area contributed by atoms with Gasteiger partial charge >= 0.3 is 0 Å². The van der Waals surface area contributed by atoms with E-state index in [4.69, 9.17) is 23.2 Å². The van der Waals surface area contributed by atoms with Crippen LogP contribution >= 0.6 is 34.5 Å². The van der Waals surface area contributed by atoms with Gasteiger partial charge in [0.05, 0.1) is 15.4 Å². The molecule has 22 heavy (non-hydrogen) atoms. The van der Waals surface area contributed by atoms with Crippen LogP contribution in [0.3, 0.4) is 0 Å². The number of aromatic nitrogens is 3. The first-order valence-electron chi connectivity index (χ1n) is 6.57. The largest absolute Gasteiger partial charge is 0.275 e. The Morgan fingerprint density at radius 3 is 2.73 bits per heavy atom. The molecule has 3 nitrogen and oxygen atoms in total. The van der Waals surface area contributed by atoms with Gasteiger partial charge in [-0.15, -0.1) is 11.3 Å². The van der Waals surface area contributed by atoms with Gasteiger partial charge in [-0.2, -0.15) is 5.10 Å². The molecule has 0 saturated carbocycles. The monoisotopic (exact) mass is 345 g/mol. The lowest BCUT2D eigenvalue weighted by atomic mass is 10.0. The number of aromatic amines is 1. The minimum atomic E-state index is 0.678. The first kappa shape index (κ1) is 13.8. The van der Waals surface area contributed by atoms with Crippen molar-refractivity contribution < 1.29 is 0 Å². The molecular formula is C16H9Cl2N3S. The standard InChI is InChI=1S/C16H9Cl2N3S/c17-10-3-1-2-9(8-10)15-14-11(12-4-5-13(18)22-12)6-7-19-16(14)21-20-15/h1-8H,(H,19,20,21). The summed E-state index contributed by atoms with van der Waals surface area (Å²) >= 11 is 13.7. The predicted molar refractivity (Wildman–Crippen MR) is 92.7 cm³/mol. The van der Waals surface area contributed by atoms with Crippen LogP contribution in [-0.2, 0) is 0 Å². The highest BCUT2D eigenvalue weighted by Crippen LogP contribution is 2.38. The molecule has 0 amide bonds. The zero-order valence-corrected chi connectivity index (χ0v) is 13.5. The maximum absolute atomic E-state index is 6.11. The molecule has 3 heterocycles. The van der Waals surface area contributed by atoms with Crippen molar-refractivity contribution in [1.82, 2.24) is 15.2 Å². The summed E-state index contributed by atoms with van der Waals surface area (Å²) in [5.74, 6) is 0. The Morgan fingerprint density at radius 2 is 1.95 bits per heavy atom. The highest BCUT2D eigenvalue weighted by Gasteiger charge is 2.15. The van der Waals surface area contributed by atoms with Crippen LogP contribution in [0, 0.1) is 0 Å². The number of pyridine rings is 1. The second-order valence-electron chi connectivity index (χ2n) is 4.77. The third-order valence-electron chi connectivity index (χ3n) is 3.41. The van der Waals surface area contributed by atoms with Crippen LogP contribution in [0.5, 0.6) is 0 Å². The molecule has 0 bridgehead atoms. The lowest BCUT2D eigenvalue weighted by Gasteiger charge is -2.04. The van der Waals surface area contributed by atoms with Crippen molar-refractivity contribution >= 4 is 45.6 Å². The van der Waals surface area contributed by atoms with Crippen LogP contribution in [0.25, 0.3) is 32.7 Å². The Labute approximate surface area is 140 Å². The summed E-state index contributed by atoms with van der Waals surface area (Å²) in [6.07, 6.45) is 1.76. The van der Waals surface area contributed by atoms with E-state index >= 15 is 0 Å². The van der Waals surface area contributed by atoms with Gasteiger partial charge in [0.1, 0.15) is 0 Å². The van der Waals surface area contributed by atoms with E-state index in [1.165, 1.54) is 11.3 Å². The first-order valence-corrected chi connectivity index (χ1v) is 8.14. The van der Waals surface area contributed by atoms with E-state index < -0.39 is 0 Å². The Hall–Kier alpha value is -1.88. The summed E-state index contributed by atoms with van der Waals surface area (Å²) in [7, 11) is 0. The lowest BCUT2D eigenvalue weighted by molar-refractivity contribution is 1.10. The van der Waals surface area contributed by atoms with Gasteiger partial charge in [-0.25, -0.2) is 4.98 Å². The second kappa shape index (κ2) is 5.39. The number of thiophene rings is 1. The topological polar surface area (TPSA) is 41.6 Å². The molecule has 4 aromatic rings. The Kier molecular flexibility index (Phi) is 3.37. The molecule has 0 atom stereocenters. The fourth-order valence-electron chi connectivity index (χ4n) is 2.46. The number of hydrogen-bond donors (Lipinski definition) is 1. The summed E-state index contributed by atoms with van der Waals surface area (Å²) in [4.78, 5) is 5.42. The quantitative estimate of drug-likeness (QED) is 0.509.